The normalized spacial score (nSPS) is 12.6. The molecule has 2 heterocycles. The van der Waals surface area contributed by atoms with Crippen LogP contribution in [0, 0.1) is 0 Å². The maximum Gasteiger partial charge on any atom is 0.129 e. The van der Waals surface area contributed by atoms with E-state index in [-0.39, 0.29) is 0 Å². The van der Waals surface area contributed by atoms with Gasteiger partial charge in [0.15, 0.2) is 0 Å². The summed E-state index contributed by atoms with van der Waals surface area (Å²) < 4.78 is 6.87. The van der Waals surface area contributed by atoms with E-state index in [1.807, 2.05) is 30.9 Å². The van der Waals surface area contributed by atoms with Gasteiger partial charge in [-0.15, -0.1) is 11.3 Å². The zero-order valence-electron chi connectivity index (χ0n) is 9.96. The summed E-state index contributed by atoms with van der Waals surface area (Å²) in [6.07, 6.45) is 4.91. The van der Waals surface area contributed by atoms with E-state index in [1.165, 1.54) is 11.3 Å². The molecule has 17 heavy (non-hydrogen) atoms. The van der Waals surface area contributed by atoms with Gasteiger partial charge in [0.05, 0.1) is 19.4 Å². The van der Waals surface area contributed by atoms with E-state index in [0.717, 1.165) is 22.6 Å². The molecule has 0 spiro atoms. The summed E-state index contributed by atoms with van der Waals surface area (Å²) in [6.45, 7) is 0. The van der Waals surface area contributed by atoms with Gasteiger partial charge in [0.25, 0.3) is 0 Å². The Morgan fingerprint density at radius 1 is 1.59 bits per heavy atom. The van der Waals surface area contributed by atoms with Gasteiger partial charge in [-0.2, -0.15) is 5.10 Å². The van der Waals surface area contributed by atoms with Gasteiger partial charge in [0.2, 0.25) is 0 Å². The maximum atomic E-state index is 10.0. The fourth-order valence-electron chi connectivity index (χ4n) is 1.66. The van der Waals surface area contributed by atoms with Gasteiger partial charge in [-0.3, -0.25) is 4.68 Å². The topological polar surface area (TPSA) is 47.3 Å². The van der Waals surface area contributed by atoms with Crippen LogP contribution in [0.3, 0.4) is 0 Å². The van der Waals surface area contributed by atoms with Gasteiger partial charge in [0.1, 0.15) is 5.75 Å². The SMILES string of the molecule is COc1csc(C(O)CCc2cnn(C)c2)c1. The third-order valence-electron chi connectivity index (χ3n) is 2.62. The molecule has 0 aliphatic rings. The minimum Gasteiger partial charge on any atom is -0.496 e. The predicted molar refractivity (Wildman–Crippen MR) is 67.4 cm³/mol. The molecule has 2 aromatic rings. The Bertz CT molecular complexity index is 478. The summed E-state index contributed by atoms with van der Waals surface area (Å²) in [5.41, 5.74) is 1.15. The fourth-order valence-corrected chi connectivity index (χ4v) is 2.54. The van der Waals surface area contributed by atoms with Crippen LogP contribution in [0.1, 0.15) is 23.0 Å². The van der Waals surface area contributed by atoms with E-state index in [1.54, 1.807) is 11.8 Å². The molecule has 0 bridgehead atoms. The quantitative estimate of drug-likeness (QED) is 0.887. The number of rotatable bonds is 5. The van der Waals surface area contributed by atoms with E-state index in [2.05, 4.69) is 5.10 Å². The van der Waals surface area contributed by atoms with Crippen LogP contribution in [0.25, 0.3) is 0 Å². The van der Waals surface area contributed by atoms with Gasteiger partial charge < -0.3 is 9.84 Å². The average molecular weight is 252 g/mol. The van der Waals surface area contributed by atoms with Crippen LogP contribution in [0.5, 0.6) is 5.75 Å². The molecule has 1 atom stereocenters. The molecule has 0 amide bonds. The molecule has 0 saturated carbocycles. The molecule has 0 fully saturated rings. The smallest absolute Gasteiger partial charge is 0.129 e. The summed E-state index contributed by atoms with van der Waals surface area (Å²) in [4.78, 5) is 0.950. The summed E-state index contributed by atoms with van der Waals surface area (Å²) in [5.74, 6) is 0.811. The van der Waals surface area contributed by atoms with Crippen molar-refractivity contribution in [3.8, 4) is 5.75 Å². The van der Waals surface area contributed by atoms with Crippen LogP contribution >= 0.6 is 11.3 Å². The standard InChI is InChI=1S/C12H16N2O2S/c1-14-7-9(6-13-14)3-4-11(15)12-5-10(16-2)8-17-12/h5-8,11,15H,3-4H2,1-2H3. The van der Waals surface area contributed by atoms with Crippen molar-refractivity contribution >= 4 is 11.3 Å². The van der Waals surface area contributed by atoms with E-state index >= 15 is 0 Å². The number of aryl methyl sites for hydroxylation is 2. The molecule has 0 saturated heterocycles. The molecule has 1 N–H and O–H groups in total. The maximum absolute atomic E-state index is 10.0. The van der Waals surface area contributed by atoms with Crippen molar-refractivity contribution in [1.29, 1.82) is 0 Å². The minimum absolute atomic E-state index is 0.427. The van der Waals surface area contributed by atoms with Crippen molar-refractivity contribution < 1.29 is 9.84 Å². The number of ether oxygens (including phenoxy) is 1. The molecule has 0 aliphatic heterocycles. The van der Waals surface area contributed by atoms with Crippen molar-refractivity contribution in [2.75, 3.05) is 7.11 Å². The Morgan fingerprint density at radius 3 is 3.00 bits per heavy atom. The number of aliphatic hydroxyl groups excluding tert-OH is 1. The molecular weight excluding hydrogens is 236 g/mol. The molecule has 2 rings (SSSR count). The molecule has 5 heteroatoms. The highest BCUT2D eigenvalue weighted by Gasteiger charge is 2.11. The van der Waals surface area contributed by atoms with Crippen molar-refractivity contribution in [2.45, 2.75) is 18.9 Å². The summed E-state index contributed by atoms with van der Waals surface area (Å²) in [6, 6.07) is 1.89. The second-order valence-corrected chi connectivity index (χ2v) is 4.91. The zero-order valence-corrected chi connectivity index (χ0v) is 10.8. The van der Waals surface area contributed by atoms with Crippen molar-refractivity contribution in [2.24, 2.45) is 7.05 Å². The summed E-state index contributed by atoms with van der Waals surface area (Å²) in [7, 11) is 3.53. The third kappa shape index (κ3) is 3.08. The Balaban J connectivity index is 1.90. The van der Waals surface area contributed by atoms with Crippen LogP contribution in [0.4, 0.5) is 0 Å². The lowest BCUT2D eigenvalue weighted by Crippen LogP contribution is -1.96. The molecule has 92 valence electrons. The van der Waals surface area contributed by atoms with Gasteiger partial charge >= 0.3 is 0 Å². The summed E-state index contributed by atoms with van der Waals surface area (Å²) >= 11 is 1.53. The second kappa shape index (κ2) is 5.33. The largest absolute Gasteiger partial charge is 0.496 e. The van der Waals surface area contributed by atoms with Crippen LogP contribution in [-0.2, 0) is 13.5 Å². The first-order chi connectivity index (χ1) is 8.19. The Kier molecular flexibility index (Phi) is 3.81. The molecule has 4 nitrogen and oxygen atoms in total. The molecule has 2 aromatic heterocycles. The lowest BCUT2D eigenvalue weighted by atomic mass is 10.1. The Morgan fingerprint density at radius 2 is 2.41 bits per heavy atom. The number of hydrogen-bond donors (Lipinski definition) is 1. The van der Waals surface area contributed by atoms with E-state index in [0.29, 0.717) is 6.42 Å². The van der Waals surface area contributed by atoms with Gasteiger partial charge in [-0.05, 0) is 24.5 Å². The molecule has 0 aromatic carbocycles. The molecular formula is C12H16N2O2S. The Hall–Kier alpha value is -1.33. The number of hydrogen-bond acceptors (Lipinski definition) is 4. The highest BCUT2D eigenvalue weighted by molar-refractivity contribution is 7.10. The monoisotopic (exact) mass is 252 g/mol. The highest BCUT2D eigenvalue weighted by Crippen LogP contribution is 2.29. The minimum atomic E-state index is -0.427. The fraction of sp³-hybridized carbons (Fsp3) is 0.417. The van der Waals surface area contributed by atoms with Crippen molar-refractivity contribution in [1.82, 2.24) is 9.78 Å². The van der Waals surface area contributed by atoms with Gasteiger partial charge in [-0.1, -0.05) is 0 Å². The predicted octanol–water partition coefficient (Wildman–Crippen LogP) is 2.16. The van der Waals surface area contributed by atoms with Crippen LogP contribution < -0.4 is 4.74 Å². The summed E-state index contributed by atoms with van der Waals surface area (Å²) in [5, 5.41) is 16.0. The van der Waals surface area contributed by atoms with Crippen molar-refractivity contribution in [3.63, 3.8) is 0 Å². The number of nitrogens with zero attached hydrogens (tertiary/aromatic N) is 2. The zero-order chi connectivity index (χ0) is 12.3. The van der Waals surface area contributed by atoms with Gasteiger partial charge in [0, 0.05) is 23.5 Å². The van der Waals surface area contributed by atoms with Crippen molar-refractivity contribution in [3.05, 3.63) is 34.3 Å². The van der Waals surface area contributed by atoms with Crippen LogP contribution in [0.2, 0.25) is 0 Å². The third-order valence-corrected chi connectivity index (χ3v) is 3.64. The molecule has 0 aliphatic carbocycles. The first-order valence-electron chi connectivity index (χ1n) is 5.47. The Labute approximate surface area is 104 Å². The molecule has 1 unspecified atom stereocenters. The molecule has 0 radical (unpaired) electrons. The first-order valence-corrected chi connectivity index (χ1v) is 6.35. The average Bonchev–Trinajstić information content (AvgIpc) is 2.94. The number of methoxy groups -OCH3 is 1. The van der Waals surface area contributed by atoms with Gasteiger partial charge in [-0.25, -0.2) is 0 Å². The lowest BCUT2D eigenvalue weighted by Gasteiger charge is -2.06. The number of thiophene rings is 1. The van der Waals surface area contributed by atoms with Crippen LogP contribution in [-0.4, -0.2) is 22.0 Å². The second-order valence-electron chi connectivity index (χ2n) is 3.97. The number of aliphatic hydroxyl groups is 1. The number of aromatic nitrogens is 2. The van der Waals surface area contributed by atoms with E-state index in [9.17, 15) is 5.11 Å². The highest BCUT2D eigenvalue weighted by atomic mass is 32.1. The lowest BCUT2D eigenvalue weighted by molar-refractivity contribution is 0.171. The first kappa shape index (κ1) is 12.1. The van der Waals surface area contributed by atoms with Crippen LogP contribution in [0.15, 0.2) is 23.8 Å². The van der Waals surface area contributed by atoms with E-state index in [4.69, 9.17) is 4.74 Å². The van der Waals surface area contributed by atoms with E-state index < -0.39 is 6.10 Å².